The van der Waals surface area contributed by atoms with Gasteiger partial charge in [-0.1, -0.05) is 60.2 Å². The van der Waals surface area contributed by atoms with Crippen LogP contribution in [0.4, 0.5) is 0 Å². The highest BCUT2D eigenvalue weighted by atomic mass is 16.5. The second-order valence-corrected chi connectivity index (χ2v) is 5.86. The molecule has 0 aliphatic heterocycles. The van der Waals surface area contributed by atoms with Crippen LogP contribution < -0.4 is 10.1 Å². The van der Waals surface area contributed by atoms with Crippen LogP contribution in [0.2, 0.25) is 0 Å². The summed E-state index contributed by atoms with van der Waals surface area (Å²) in [5.41, 5.74) is 4.08. The molecule has 1 amide bonds. The average Bonchev–Trinajstić information content (AvgIpc) is 2.67. The molecule has 0 saturated heterocycles. The van der Waals surface area contributed by atoms with Gasteiger partial charge < -0.3 is 10.1 Å². The Balaban J connectivity index is 1.49. The summed E-state index contributed by atoms with van der Waals surface area (Å²) in [7, 11) is 0. The van der Waals surface area contributed by atoms with Gasteiger partial charge in [-0.15, -0.1) is 0 Å². The summed E-state index contributed by atoms with van der Waals surface area (Å²) in [6, 6.07) is 25.6. The lowest BCUT2D eigenvalue weighted by Gasteiger charge is -2.08. The van der Waals surface area contributed by atoms with Gasteiger partial charge in [0.2, 0.25) is 0 Å². The van der Waals surface area contributed by atoms with Crippen LogP contribution >= 0.6 is 0 Å². The van der Waals surface area contributed by atoms with Crippen LogP contribution in [0.3, 0.4) is 0 Å². The minimum atomic E-state index is -0.0906. The standard InChI is InChI=1S/C22H21NO2/c1-17-7-13-21(14-8-17)25-16-15-23-22(24)20-11-9-19(10-12-20)18-5-3-2-4-6-18/h2-14H,15-16H2,1H3,(H,23,24). The van der Waals surface area contributed by atoms with Gasteiger partial charge in [0.1, 0.15) is 12.4 Å². The van der Waals surface area contributed by atoms with Crippen LogP contribution in [0.5, 0.6) is 5.75 Å². The van der Waals surface area contributed by atoms with Crippen molar-refractivity contribution < 1.29 is 9.53 Å². The van der Waals surface area contributed by atoms with Crippen LogP contribution in [-0.2, 0) is 0 Å². The largest absolute Gasteiger partial charge is 0.492 e. The molecular formula is C22H21NO2. The number of hydrogen-bond donors (Lipinski definition) is 1. The molecule has 0 unspecified atom stereocenters. The van der Waals surface area contributed by atoms with Crippen molar-refractivity contribution in [1.29, 1.82) is 0 Å². The maximum absolute atomic E-state index is 12.2. The normalized spacial score (nSPS) is 10.3. The summed E-state index contributed by atoms with van der Waals surface area (Å²) in [4.78, 5) is 12.2. The second kappa shape index (κ2) is 8.15. The van der Waals surface area contributed by atoms with E-state index in [2.05, 4.69) is 17.4 Å². The third kappa shape index (κ3) is 4.70. The first-order chi connectivity index (χ1) is 12.2. The minimum Gasteiger partial charge on any atom is -0.492 e. The Bertz CT molecular complexity index is 809. The summed E-state index contributed by atoms with van der Waals surface area (Å²) in [6.45, 7) is 2.94. The lowest BCUT2D eigenvalue weighted by Crippen LogP contribution is -2.28. The first-order valence-corrected chi connectivity index (χ1v) is 8.35. The highest BCUT2D eigenvalue weighted by molar-refractivity contribution is 5.94. The van der Waals surface area contributed by atoms with Crippen molar-refractivity contribution in [3.63, 3.8) is 0 Å². The van der Waals surface area contributed by atoms with Crippen LogP contribution in [0, 0.1) is 6.92 Å². The molecule has 0 saturated carbocycles. The molecule has 3 nitrogen and oxygen atoms in total. The molecule has 126 valence electrons. The number of hydrogen-bond acceptors (Lipinski definition) is 2. The Morgan fingerprint density at radius 1 is 0.840 bits per heavy atom. The first kappa shape index (κ1) is 16.8. The van der Waals surface area contributed by atoms with E-state index in [9.17, 15) is 4.79 Å². The molecule has 3 rings (SSSR count). The maximum Gasteiger partial charge on any atom is 0.251 e. The zero-order chi connectivity index (χ0) is 17.5. The lowest BCUT2D eigenvalue weighted by molar-refractivity contribution is 0.0947. The highest BCUT2D eigenvalue weighted by Crippen LogP contribution is 2.19. The van der Waals surface area contributed by atoms with E-state index in [0.717, 1.165) is 16.9 Å². The Morgan fingerprint density at radius 3 is 2.16 bits per heavy atom. The molecule has 0 radical (unpaired) electrons. The molecule has 0 fully saturated rings. The summed E-state index contributed by atoms with van der Waals surface area (Å²) >= 11 is 0. The molecular weight excluding hydrogens is 310 g/mol. The molecule has 0 aliphatic carbocycles. The molecule has 0 heterocycles. The van der Waals surface area contributed by atoms with Gasteiger partial charge in [-0.05, 0) is 42.3 Å². The topological polar surface area (TPSA) is 38.3 Å². The van der Waals surface area contributed by atoms with Crippen molar-refractivity contribution in [2.75, 3.05) is 13.2 Å². The predicted molar refractivity (Wildman–Crippen MR) is 101 cm³/mol. The molecule has 25 heavy (non-hydrogen) atoms. The van der Waals surface area contributed by atoms with Gasteiger partial charge in [0.15, 0.2) is 0 Å². The van der Waals surface area contributed by atoms with Crippen LogP contribution in [0.15, 0.2) is 78.9 Å². The minimum absolute atomic E-state index is 0.0906. The number of benzene rings is 3. The molecule has 3 aromatic rings. The van der Waals surface area contributed by atoms with Gasteiger partial charge in [0.05, 0.1) is 6.54 Å². The molecule has 3 heteroatoms. The Labute approximate surface area is 148 Å². The fourth-order valence-corrected chi connectivity index (χ4v) is 2.51. The second-order valence-electron chi connectivity index (χ2n) is 5.86. The van der Waals surface area contributed by atoms with Crippen molar-refractivity contribution in [3.8, 4) is 16.9 Å². The number of rotatable bonds is 6. The monoisotopic (exact) mass is 331 g/mol. The number of aryl methyl sites for hydroxylation is 1. The number of nitrogens with one attached hydrogen (secondary N) is 1. The molecule has 0 aromatic heterocycles. The molecule has 0 aliphatic rings. The van der Waals surface area contributed by atoms with Crippen molar-refractivity contribution >= 4 is 5.91 Å². The van der Waals surface area contributed by atoms with Gasteiger partial charge in [-0.25, -0.2) is 0 Å². The van der Waals surface area contributed by atoms with Gasteiger partial charge in [0.25, 0.3) is 5.91 Å². The number of amides is 1. The smallest absolute Gasteiger partial charge is 0.251 e. The van der Waals surface area contributed by atoms with E-state index in [4.69, 9.17) is 4.74 Å². The third-order valence-electron chi connectivity index (χ3n) is 3.93. The first-order valence-electron chi connectivity index (χ1n) is 8.35. The van der Waals surface area contributed by atoms with E-state index >= 15 is 0 Å². The molecule has 0 spiro atoms. The maximum atomic E-state index is 12.2. The quantitative estimate of drug-likeness (QED) is 0.677. The van der Waals surface area contributed by atoms with Crippen molar-refractivity contribution in [2.45, 2.75) is 6.92 Å². The lowest BCUT2D eigenvalue weighted by atomic mass is 10.0. The van der Waals surface area contributed by atoms with Crippen molar-refractivity contribution in [1.82, 2.24) is 5.32 Å². The molecule has 0 bridgehead atoms. The fraction of sp³-hybridized carbons (Fsp3) is 0.136. The Kier molecular flexibility index (Phi) is 5.47. The predicted octanol–water partition coefficient (Wildman–Crippen LogP) is 4.47. The van der Waals surface area contributed by atoms with Crippen LogP contribution in [0.1, 0.15) is 15.9 Å². The summed E-state index contributed by atoms with van der Waals surface area (Å²) in [5.74, 6) is 0.721. The molecule has 3 aromatic carbocycles. The number of carbonyl (C=O) groups is 1. The van der Waals surface area contributed by atoms with Gasteiger partial charge in [-0.2, -0.15) is 0 Å². The summed E-state index contributed by atoms with van der Waals surface area (Å²) < 4.78 is 5.61. The van der Waals surface area contributed by atoms with Crippen LogP contribution in [0.25, 0.3) is 11.1 Å². The SMILES string of the molecule is Cc1ccc(OCCNC(=O)c2ccc(-c3ccccc3)cc2)cc1. The van der Waals surface area contributed by atoms with Crippen molar-refractivity contribution in [2.24, 2.45) is 0 Å². The van der Waals surface area contributed by atoms with E-state index in [-0.39, 0.29) is 5.91 Å². The third-order valence-corrected chi connectivity index (χ3v) is 3.93. The fourth-order valence-electron chi connectivity index (χ4n) is 2.51. The summed E-state index contributed by atoms with van der Waals surface area (Å²) in [5, 5.41) is 2.88. The van der Waals surface area contributed by atoms with Crippen molar-refractivity contribution in [3.05, 3.63) is 90.0 Å². The van der Waals surface area contributed by atoms with Gasteiger partial charge in [0, 0.05) is 5.56 Å². The zero-order valence-electron chi connectivity index (χ0n) is 14.2. The van der Waals surface area contributed by atoms with Crippen LogP contribution in [-0.4, -0.2) is 19.1 Å². The molecule has 1 N–H and O–H groups in total. The van der Waals surface area contributed by atoms with E-state index in [1.807, 2.05) is 73.7 Å². The highest BCUT2D eigenvalue weighted by Gasteiger charge is 2.05. The van der Waals surface area contributed by atoms with E-state index in [1.165, 1.54) is 5.56 Å². The van der Waals surface area contributed by atoms with E-state index in [0.29, 0.717) is 18.7 Å². The van der Waals surface area contributed by atoms with E-state index in [1.54, 1.807) is 0 Å². The average molecular weight is 331 g/mol. The number of ether oxygens (including phenoxy) is 1. The molecule has 0 atom stereocenters. The number of carbonyl (C=O) groups excluding carboxylic acids is 1. The Morgan fingerprint density at radius 2 is 1.48 bits per heavy atom. The van der Waals surface area contributed by atoms with E-state index < -0.39 is 0 Å². The summed E-state index contributed by atoms with van der Waals surface area (Å²) in [6.07, 6.45) is 0. The van der Waals surface area contributed by atoms with Gasteiger partial charge >= 0.3 is 0 Å². The van der Waals surface area contributed by atoms with Gasteiger partial charge in [-0.3, -0.25) is 4.79 Å². The zero-order valence-corrected chi connectivity index (χ0v) is 14.2. The Hall–Kier alpha value is -3.07.